The molecule has 158 valence electrons. The number of carbonyl (C=O) groups is 2. The number of H-pyrrole nitrogens is 1. The second-order valence-electron chi connectivity index (χ2n) is 7.59. The highest BCUT2D eigenvalue weighted by atomic mass is 32.2. The van der Waals surface area contributed by atoms with Gasteiger partial charge in [-0.15, -0.1) is 0 Å². The highest BCUT2D eigenvalue weighted by Crippen LogP contribution is 2.34. The van der Waals surface area contributed by atoms with Crippen molar-refractivity contribution in [2.45, 2.75) is 26.0 Å². The quantitative estimate of drug-likeness (QED) is 0.540. The molecule has 2 atom stereocenters. The summed E-state index contributed by atoms with van der Waals surface area (Å²) >= 11 is 0. The number of rotatable bonds is 3. The first-order chi connectivity index (χ1) is 14.1. The minimum absolute atomic E-state index is 0.262. The van der Waals surface area contributed by atoms with Gasteiger partial charge in [-0.3, -0.25) is 9.59 Å². The largest absolute Gasteiger partial charge is 0.390 e. The first kappa shape index (κ1) is 20.3. The van der Waals surface area contributed by atoms with Crippen LogP contribution in [-0.2, 0) is 14.6 Å². The average molecular weight is 433 g/mol. The number of halogens is 1. The third kappa shape index (κ3) is 3.52. The molecule has 2 amide bonds. The van der Waals surface area contributed by atoms with Gasteiger partial charge in [0.2, 0.25) is 0 Å². The lowest BCUT2D eigenvalue weighted by molar-refractivity contribution is -0.110. The molecule has 0 bridgehead atoms. The molecule has 1 fully saturated rings. The fourth-order valence-electron chi connectivity index (χ4n) is 3.91. The smallest absolute Gasteiger partial charge is 0.256 e. The van der Waals surface area contributed by atoms with Crippen LogP contribution in [0.4, 0.5) is 10.1 Å². The zero-order chi connectivity index (χ0) is 21.8. The number of amides is 2. The Balaban J connectivity index is 1.65. The molecule has 1 saturated heterocycles. The standard InChI is InChI=1S/C20H20FN3O5S/c1-9-15(6-13-12-5-11(21)3-4-14(12)23-19(13)26)22-10(2)18(9)20(27)24-16-7-30(28,29)8-17(16)25/h3-6,16-17,22,25H,7-8H2,1-2H3,(H,23,26)(H,24,27)/b13-6-. The second kappa shape index (κ2) is 7.06. The number of fused-ring (bicyclic) bond motifs is 1. The summed E-state index contributed by atoms with van der Waals surface area (Å²) in [5.74, 6) is -2.07. The molecule has 0 radical (unpaired) electrons. The van der Waals surface area contributed by atoms with E-state index in [1.54, 1.807) is 19.9 Å². The van der Waals surface area contributed by atoms with Gasteiger partial charge in [-0.2, -0.15) is 0 Å². The van der Waals surface area contributed by atoms with Crippen LogP contribution in [0, 0.1) is 19.7 Å². The van der Waals surface area contributed by atoms with Gasteiger partial charge in [-0.05, 0) is 43.7 Å². The lowest BCUT2D eigenvalue weighted by Gasteiger charge is -2.15. The Morgan fingerprint density at radius 1 is 1.30 bits per heavy atom. The van der Waals surface area contributed by atoms with E-state index in [2.05, 4.69) is 15.6 Å². The molecule has 8 nitrogen and oxygen atoms in total. The zero-order valence-corrected chi connectivity index (χ0v) is 17.1. The molecular weight excluding hydrogens is 413 g/mol. The van der Waals surface area contributed by atoms with Gasteiger partial charge in [-0.25, -0.2) is 12.8 Å². The maximum atomic E-state index is 13.6. The minimum atomic E-state index is -3.40. The lowest BCUT2D eigenvalue weighted by atomic mass is 10.0. The summed E-state index contributed by atoms with van der Waals surface area (Å²) in [6, 6.07) is 3.12. The fourth-order valence-corrected chi connectivity index (χ4v) is 5.66. The third-order valence-electron chi connectivity index (χ3n) is 5.40. The molecule has 30 heavy (non-hydrogen) atoms. The number of hydrogen-bond acceptors (Lipinski definition) is 5. The van der Waals surface area contributed by atoms with E-state index in [4.69, 9.17) is 0 Å². The number of anilines is 1. The maximum Gasteiger partial charge on any atom is 0.256 e. The Bertz CT molecular complexity index is 1220. The summed E-state index contributed by atoms with van der Waals surface area (Å²) in [5, 5.41) is 15.2. The predicted octanol–water partition coefficient (Wildman–Crippen LogP) is 1.15. The molecule has 4 rings (SSSR count). The molecule has 0 aliphatic carbocycles. The molecule has 4 N–H and O–H groups in total. The molecule has 2 aliphatic rings. The second-order valence-corrected chi connectivity index (χ2v) is 9.74. The van der Waals surface area contributed by atoms with Crippen molar-refractivity contribution in [2.75, 3.05) is 16.8 Å². The van der Waals surface area contributed by atoms with E-state index in [9.17, 15) is 27.5 Å². The van der Waals surface area contributed by atoms with Crippen molar-refractivity contribution in [3.05, 3.63) is 52.1 Å². The fraction of sp³-hybridized carbons (Fsp3) is 0.300. The van der Waals surface area contributed by atoms with E-state index in [1.807, 2.05) is 0 Å². The number of sulfone groups is 1. The number of aromatic nitrogens is 1. The number of nitrogens with one attached hydrogen (secondary N) is 3. The number of aliphatic hydroxyl groups is 1. The van der Waals surface area contributed by atoms with E-state index in [0.717, 1.165) is 0 Å². The molecule has 10 heteroatoms. The SMILES string of the molecule is Cc1[nH]c(/C=C2\C(=O)Nc3ccc(F)cc32)c(C)c1C(=O)NC1CS(=O)(=O)CC1O. The number of carbonyl (C=O) groups excluding carboxylic acids is 2. The van der Waals surface area contributed by atoms with Gasteiger partial charge in [0.15, 0.2) is 9.84 Å². The number of aromatic amines is 1. The van der Waals surface area contributed by atoms with Gasteiger partial charge in [0.05, 0.1) is 34.8 Å². The van der Waals surface area contributed by atoms with Crippen molar-refractivity contribution in [3.63, 3.8) is 0 Å². The van der Waals surface area contributed by atoms with Gasteiger partial charge >= 0.3 is 0 Å². The topological polar surface area (TPSA) is 128 Å². The van der Waals surface area contributed by atoms with Crippen molar-refractivity contribution in [3.8, 4) is 0 Å². The molecule has 3 heterocycles. The minimum Gasteiger partial charge on any atom is -0.390 e. The Hall–Kier alpha value is -2.98. The van der Waals surface area contributed by atoms with Crippen LogP contribution in [0.2, 0.25) is 0 Å². The van der Waals surface area contributed by atoms with Gasteiger partial charge in [0.1, 0.15) is 5.82 Å². The van der Waals surface area contributed by atoms with E-state index >= 15 is 0 Å². The van der Waals surface area contributed by atoms with Crippen molar-refractivity contribution in [2.24, 2.45) is 0 Å². The molecule has 0 saturated carbocycles. The molecule has 1 aromatic carbocycles. The van der Waals surface area contributed by atoms with Crippen LogP contribution in [0.3, 0.4) is 0 Å². The van der Waals surface area contributed by atoms with Crippen LogP contribution in [0.5, 0.6) is 0 Å². The normalized spacial score (nSPS) is 23.5. The van der Waals surface area contributed by atoms with E-state index in [-0.39, 0.29) is 23.0 Å². The van der Waals surface area contributed by atoms with Crippen LogP contribution in [0.25, 0.3) is 11.6 Å². The monoisotopic (exact) mass is 433 g/mol. The number of aliphatic hydroxyl groups excluding tert-OH is 1. The Kier molecular flexibility index (Phi) is 4.78. The highest BCUT2D eigenvalue weighted by molar-refractivity contribution is 7.91. The average Bonchev–Trinajstić information content (AvgIpc) is 3.19. The van der Waals surface area contributed by atoms with Crippen molar-refractivity contribution in [1.29, 1.82) is 0 Å². The Morgan fingerprint density at radius 2 is 2.03 bits per heavy atom. The summed E-state index contributed by atoms with van der Waals surface area (Å²) < 4.78 is 37.0. The lowest BCUT2D eigenvalue weighted by Crippen LogP contribution is -2.42. The summed E-state index contributed by atoms with van der Waals surface area (Å²) in [7, 11) is -3.40. The Morgan fingerprint density at radius 3 is 2.70 bits per heavy atom. The number of benzene rings is 1. The number of hydrogen-bond donors (Lipinski definition) is 4. The van der Waals surface area contributed by atoms with Crippen LogP contribution in [0.1, 0.15) is 32.9 Å². The van der Waals surface area contributed by atoms with Crippen molar-refractivity contribution < 1.29 is 27.5 Å². The summed E-state index contributed by atoms with van der Waals surface area (Å²) in [6.07, 6.45) is 0.392. The van der Waals surface area contributed by atoms with Crippen molar-refractivity contribution in [1.82, 2.24) is 10.3 Å². The third-order valence-corrected chi connectivity index (χ3v) is 7.11. The van der Waals surface area contributed by atoms with Gasteiger partial charge in [-0.1, -0.05) is 0 Å². The van der Waals surface area contributed by atoms with Crippen LogP contribution in [-0.4, -0.2) is 54.0 Å². The van der Waals surface area contributed by atoms with Crippen molar-refractivity contribution >= 4 is 39.0 Å². The molecular formula is C20H20FN3O5S. The molecule has 2 unspecified atom stereocenters. The van der Waals surface area contributed by atoms with Crippen LogP contribution < -0.4 is 10.6 Å². The van der Waals surface area contributed by atoms with Gasteiger partial charge in [0.25, 0.3) is 11.8 Å². The molecule has 2 aromatic rings. The Labute approximate surface area is 172 Å². The number of aryl methyl sites for hydroxylation is 1. The predicted molar refractivity (Wildman–Crippen MR) is 109 cm³/mol. The maximum absolute atomic E-state index is 13.6. The summed E-state index contributed by atoms with van der Waals surface area (Å²) in [5.41, 5.74) is 3.06. The molecule has 0 spiro atoms. The van der Waals surface area contributed by atoms with E-state index < -0.39 is 33.7 Å². The summed E-state index contributed by atoms with van der Waals surface area (Å²) in [4.78, 5) is 28.1. The van der Waals surface area contributed by atoms with Crippen LogP contribution >= 0.6 is 0 Å². The van der Waals surface area contributed by atoms with Gasteiger partial charge in [0, 0.05) is 22.6 Å². The molecule has 1 aromatic heterocycles. The highest BCUT2D eigenvalue weighted by Gasteiger charge is 2.38. The van der Waals surface area contributed by atoms with E-state index in [0.29, 0.717) is 33.8 Å². The molecule has 2 aliphatic heterocycles. The van der Waals surface area contributed by atoms with E-state index in [1.165, 1.54) is 18.2 Å². The zero-order valence-electron chi connectivity index (χ0n) is 16.2. The first-order valence-corrected chi connectivity index (χ1v) is 11.1. The van der Waals surface area contributed by atoms with Crippen LogP contribution in [0.15, 0.2) is 18.2 Å². The summed E-state index contributed by atoms with van der Waals surface area (Å²) in [6.45, 7) is 3.36. The van der Waals surface area contributed by atoms with Gasteiger partial charge < -0.3 is 20.7 Å². The first-order valence-electron chi connectivity index (χ1n) is 9.27.